The third-order valence-corrected chi connectivity index (χ3v) is 6.88. The lowest BCUT2D eigenvalue weighted by Gasteiger charge is -2.37. The van der Waals surface area contributed by atoms with Crippen LogP contribution < -0.4 is 10.2 Å². The molecule has 6 heteroatoms. The molecule has 1 aliphatic rings. The average Bonchev–Trinajstić information content (AvgIpc) is 2.86. The van der Waals surface area contributed by atoms with Crippen molar-refractivity contribution in [3.05, 3.63) is 100 Å². The quantitative estimate of drug-likeness (QED) is 0.535. The number of hydrogen-bond donors (Lipinski definition) is 1. The molecule has 0 saturated carbocycles. The van der Waals surface area contributed by atoms with Crippen LogP contribution in [0.25, 0.3) is 0 Å². The minimum Gasteiger partial charge on any atom is -0.368 e. The molecule has 0 aliphatic carbocycles. The first-order valence-corrected chi connectivity index (χ1v) is 12.0. The number of rotatable bonds is 6. The smallest absolute Gasteiger partial charge is 0.253 e. The van der Waals surface area contributed by atoms with E-state index in [9.17, 15) is 9.59 Å². The summed E-state index contributed by atoms with van der Waals surface area (Å²) >= 11 is 6.22. The van der Waals surface area contributed by atoms with Gasteiger partial charge in [-0.05, 0) is 48.7 Å². The van der Waals surface area contributed by atoms with Crippen LogP contribution in [0, 0.1) is 13.8 Å². The number of amides is 2. The molecule has 176 valence electrons. The Kier molecular flexibility index (Phi) is 7.53. The second-order valence-corrected chi connectivity index (χ2v) is 9.11. The summed E-state index contributed by atoms with van der Waals surface area (Å²) < 4.78 is 0. The number of benzene rings is 3. The van der Waals surface area contributed by atoms with E-state index in [4.69, 9.17) is 11.6 Å². The van der Waals surface area contributed by atoms with Crippen molar-refractivity contribution in [3.8, 4) is 0 Å². The first-order valence-electron chi connectivity index (χ1n) is 11.6. The molecule has 2 amide bonds. The summed E-state index contributed by atoms with van der Waals surface area (Å²) in [5, 5.41) is 3.42. The van der Waals surface area contributed by atoms with Crippen molar-refractivity contribution in [1.82, 2.24) is 10.2 Å². The van der Waals surface area contributed by atoms with E-state index in [0.29, 0.717) is 23.7 Å². The summed E-state index contributed by atoms with van der Waals surface area (Å²) in [6, 6.07) is 22.5. The maximum absolute atomic E-state index is 13.3. The van der Waals surface area contributed by atoms with E-state index in [0.717, 1.165) is 18.7 Å². The Balaban J connectivity index is 1.43. The first-order chi connectivity index (χ1) is 16.4. The van der Waals surface area contributed by atoms with E-state index >= 15 is 0 Å². The Labute approximate surface area is 206 Å². The van der Waals surface area contributed by atoms with Gasteiger partial charge in [0, 0.05) is 31.9 Å². The molecule has 1 N–H and O–H groups in total. The highest BCUT2D eigenvalue weighted by molar-refractivity contribution is 6.33. The standard InChI is InChI=1S/C28H30ClN3O2/c1-20-9-8-14-26(21(20)2)31-15-17-32(18-16-31)27(33)19-25(22-10-4-3-5-11-22)30-28(34)23-12-6-7-13-24(23)29/h3-14,25H,15-19H2,1-2H3,(H,30,34)/t25-/m1/s1. The van der Waals surface area contributed by atoms with Crippen LogP contribution in [-0.2, 0) is 4.79 Å². The number of nitrogens with one attached hydrogen (secondary N) is 1. The molecule has 1 aliphatic heterocycles. The summed E-state index contributed by atoms with van der Waals surface area (Å²) in [4.78, 5) is 30.4. The van der Waals surface area contributed by atoms with Gasteiger partial charge in [0.15, 0.2) is 0 Å². The molecule has 1 heterocycles. The zero-order chi connectivity index (χ0) is 24.1. The molecular formula is C28H30ClN3O2. The summed E-state index contributed by atoms with van der Waals surface area (Å²) in [6.07, 6.45) is 0.198. The maximum atomic E-state index is 13.3. The number of anilines is 1. The maximum Gasteiger partial charge on any atom is 0.253 e. The molecule has 4 rings (SSSR count). The Bertz CT molecular complexity index is 1160. The molecule has 3 aromatic carbocycles. The minimum atomic E-state index is -0.436. The SMILES string of the molecule is Cc1cccc(N2CCN(C(=O)C[C@@H](NC(=O)c3ccccc3Cl)c3ccccc3)CC2)c1C. The van der Waals surface area contributed by atoms with E-state index in [2.05, 4.69) is 42.3 Å². The Morgan fingerprint density at radius 2 is 1.56 bits per heavy atom. The molecule has 0 radical (unpaired) electrons. The molecule has 5 nitrogen and oxygen atoms in total. The van der Waals surface area contributed by atoms with Crippen molar-refractivity contribution in [2.75, 3.05) is 31.1 Å². The van der Waals surface area contributed by atoms with E-state index < -0.39 is 6.04 Å². The van der Waals surface area contributed by atoms with Gasteiger partial charge >= 0.3 is 0 Å². The van der Waals surface area contributed by atoms with Crippen LogP contribution in [0.4, 0.5) is 5.69 Å². The summed E-state index contributed by atoms with van der Waals surface area (Å²) in [7, 11) is 0. The second-order valence-electron chi connectivity index (χ2n) is 8.71. The Morgan fingerprint density at radius 3 is 2.26 bits per heavy atom. The molecule has 1 fully saturated rings. The van der Waals surface area contributed by atoms with Gasteiger partial charge in [-0.3, -0.25) is 9.59 Å². The normalized spacial score (nSPS) is 14.6. The fraction of sp³-hybridized carbons (Fsp3) is 0.286. The number of aryl methyl sites for hydroxylation is 1. The van der Waals surface area contributed by atoms with Gasteiger partial charge in [0.1, 0.15) is 0 Å². The van der Waals surface area contributed by atoms with Crippen LogP contribution >= 0.6 is 11.6 Å². The van der Waals surface area contributed by atoms with Gasteiger partial charge in [0.05, 0.1) is 23.0 Å². The van der Waals surface area contributed by atoms with Crippen molar-refractivity contribution in [2.45, 2.75) is 26.3 Å². The second kappa shape index (κ2) is 10.7. The molecule has 0 spiro atoms. The fourth-order valence-electron chi connectivity index (χ4n) is 4.40. The first kappa shape index (κ1) is 23.8. The van der Waals surface area contributed by atoms with Crippen LogP contribution in [-0.4, -0.2) is 42.9 Å². The highest BCUT2D eigenvalue weighted by atomic mass is 35.5. The number of carbonyl (C=O) groups excluding carboxylic acids is 2. The molecular weight excluding hydrogens is 446 g/mol. The Morgan fingerprint density at radius 1 is 0.882 bits per heavy atom. The number of hydrogen-bond acceptors (Lipinski definition) is 3. The van der Waals surface area contributed by atoms with Crippen LogP contribution in [0.3, 0.4) is 0 Å². The Hall–Kier alpha value is -3.31. The van der Waals surface area contributed by atoms with E-state index in [1.165, 1.54) is 16.8 Å². The highest BCUT2D eigenvalue weighted by Crippen LogP contribution is 2.25. The largest absolute Gasteiger partial charge is 0.368 e. The molecule has 34 heavy (non-hydrogen) atoms. The zero-order valence-corrected chi connectivity index (χ0v) is 20.4. The minimum absolute atomic E-state index is 0.0360. The predicted molar refractivity (Wildman–Crippen MR) is 137 cm³/mol. The van der Waals surface area contributed by atoms with E-state index in [1.807, 2.05) is 35.2 Å². The molecule has 0 aromatic heterocycles. The van der Waals surface area contributed by atoms with Crippen molar-refractivity contribution in [2.24, 2.45) is 0 Å². The van der Waals surface area contributed by atoms with Crippen molar-refractivity contribution in [1.29, 1.82) is 0 Å². The summed E-state index contributed by atoms with van der Waals surface area (Å²) in [5.41, 5.74) is 5.09. The van der Waals surface area contributed by atoms with Gasteiger partial charge in [-0.2, -0.15) is 0 Å². The van der Waals surface area contributed by atoms with Crippen molar-refractivity contribution < 1.29 is 9.59 Å². The van der Waals surface area contributed by atoms with Crippen molar-refractivity contribution >= 4 is 29.1 Å². The van der Waals surface area contributed by atoms with Gasteiger partial charge in [-0.25, -0.2) is 0 Å². The van der Waals surface area contributed by atoms with Gasteiger partial charge in [-0.1, -0.05) is 66.2 Å². The van der Waals surface area contributed by atoms with Crippen LogP contribution in [0.1, 0.15) is 39.5 Å². The van der Waals surface area contributed by atoms with Gasteiger partial charge in [0.25, 0.3) is 5.91 Å². The lowest BCUT2D eigenvalue weighted by atomic mass is 10.0. The number of carbonyl (C=O) groups is 2. The van der Waals surface area contributed by atoms with E-state index in [-0.39, 0.29) is 18.2 Å². The van der Waals surface area contributed by atoms with Crippen molar-refractivity contribution in [3.63, 3.8) is 0 Å². The summed E-state index contributed by atoms with van der Waals surface area (Å²) in [6.45, 7) is 7.17. The highest BCUT2D eigenvalue weighted by Gasteiger charge is 2.26. The molecule has 1 saturated heterocycles. The van der Waals surface area contributed by atoms with Crippen LogP contribution in [0.15, 0.2) is 72.8 Å². The lowest BCUT2D eigenvalue weighted by molar-refractivity contribution is -0.132. The lowest BCUT2D eigenvalue weighted by Crippen LogP contribution is -2.49. The average molecular weight is 476 g/mol. The van der Waals surface area contributed by atoms with Gasteiger partial charge in [0.2, 0.25) is 5.91 Å². The monoisotopic (exact) mass is 475 g/mol. The molecule has 3 aromatic rings. The van der Waals surface area contributed by atoms with Gasteiger partial charge < -0.3 is 15.1 Å². The summed E-state index contributed by atoms with van der Waals surface area (Å²) in [5.74, 6) is -0.249. The number of halogens is 1. The topological polar surface area (TPSA) is 52.6 Å². The fourth-order valence-corrected chi connectivity index (χ4v) is 4.62. The third kappa shape index (κ3) is 5.42. The van der Waals surface area contributed by atoms with Crippen LogP contribution in [0.5, 0.6) is 0 Å². The predicted octanol–water partition coefficient (Wildman–Crippen LogP) is 5.17. The number of piperazine rings is 1. The zero-order valence-electron chi connectivity index (χ0n) is 19.6. The van der Waals surface area contributed by atoms with Gasteiger partial charge in [-0.15, -0.1) is 0 Å². The third-order valence-electron chi connectivity index (χ3n) is 6.55. The molecule has 0 unspecified atom stereocenters. The molecule has 0 bridgehead atoms. The van der Waals surface area contributed by atoms with Crippen LogP contribution in [0.2, 0.25) is 5.02 Å². The number of nitrogens with zero attached hydrogens (tertiary/aromatic N) is 2. The van der Waals surface area contributed by atoms with E-state index in [1.54, 1.807) is 24.3 Å². The molecule has 1 atom stereocenters.